The van der Waals surface area contributed by atoms with Gasteiger partial charge in [0.1, 0.15) is 27.3 Å². The van der Waals surface area contributed by atoms with Crippen molar-refractivity contribution in [2.24, 2.45) is 39.7 Å². The molecule has 1 aromatic heterocycles. The lowest BCUT2D eigenvalue weighted by Gasteiger charge is -2.39. The molecule has 0 radical (unpaired) electrons. The number of hydrogen-bond donors (Lipinski definition) is 4. The zero-order chi connectivity index (χ0) is 36.6. The number of nitrogens with one attached hydrogen (secondary N) is 3. The summed E-state index contributed by atoms with van der Waals surface area (Å²) in [6.07, 6.45) is 3.22. The Labute approximate surface area is 297 Å². The zero-order valence-corrected chi connectivity index (χ0v) is 32.1. The Hall–Kier alpha value is -2.84. The fourth-order valence-corrected chi connectivity index (χ4v) is 9.45. The molecule has 49 heavy (non-hydrogen) atoms. The van der Waals surface area contributed by atoms with Crippen molar-refractivity contribution in [3.63, 3.8) is 0 Å². The summed E-state index contributed by atoms with van der Waals surface area (Å²) in [5.41, 5.74) is 4.04. The molecule has 12 nitrogen and oxygen atoms in total. The van der Waals surface area contributed by atoms with Crippen LogP contribution in [0, 0.1) is 34.0 Å². The van der Waals surface area contributed by atoms with Crippen molar-refractivity contribution in [3.05, 3.63) is 17.5 Å². The molecule has 2 aliphatic carbocycles. The smallest absolute Gasteiger partial charge is 0.315 e. The van der Waals surface area contributed by atoms with Crippen LogP contribution < -0.4 is 21.7 Å². The first-order valence-corrected chi connectivity index (χ1v) is 19.4. The zero-order valence-electron chi connectivity index (χ0n) is 30.5. The molecule has 0 aromatic carbocycles. The molecule has 1 aliphatic heterocycles. The number of likely N-dealkylation sites (N-methyl/N-ethyl adjacent to an activating group) is 1. The SMILES string of the molecule is CCN(C[C@@H](NC(=O)N[C@H](C(=O)N1C[C@H]2[C@@H]([C@H]1C(=O)NC(CC1CCC1)C(=O)C(N)=O)C2(C)C)C(C)(C)C)C(C)(C)C)S(=O)c1cccs1. The van der Waals surface area contributed by atoms with E-state index in [9.17, 15) is 28.2 Å². The lowest BCUT2D eigenvalue weighted by molar-refractivity contribution is -0.145. The summed E-state index contributed by atoms with van der Waals surface area (Å²) in [6, 6.07) is -0.150. The topological polar surface area (TPSA) is 171 Å². The lowest BCUT2D eigenvalue weighted by Crippen LogP contribution is -2.62. The van der Waals surface area contributed by atoms with E-state index >= 15 is 0 Å². The van der Waals surface area contributed by atoms with Crippen molar-refractivity contribution >= 4 is 51.9 Å². The van der Waals surface area contributed by atoms with Gasteiger partial charge >= 0.3 is 6.03 Å². The average Bonchev–Trinajstić information content (AvgIpc) is 3.43. The van der Waals surface area contributed by atoms with Crippen molar-refractivity contribution in [2.45, 2.75) is 116 Å². The largest absolute Gasteiger partial charge is 0.363 e. The minimum absolute atomic E-state index is 0.0769. The minimum atomic E-state index is -1.39. The van der Waals surface area contributed by atoms with Crippen molar-refractivity contribution in [1.82, 2.24) is 25.2 Å². The number of ketones is 1. The van der Waals surface area contributed by atoms with Gasteiger partial charge in [-0.05, 0) is 51.9 Å². The van der Waals surface area contributed by atoms with Crippen LogP contribution in [0.4, 0.5) is 4.79 Å². The lowest BCUT2D eigenvalue weighted by atomic mass is 9.80. The summed E-state index contributed by atoms with van der Waals surface area (Å²) in [6.45, 7) is 18.8. The molecule has 3 aliphatic rings. The monoisotopic (exact) mass is 720 g/mol. The highest BCUT2D eigenvalue weighted by Gasteiger charge is 2.70. The number of Topliss-reactive ketones (excluding diaryl/α,β-unsaturated/α-hetero) is 1. The van der Waals surface area contributed by atoms with Gasteiger partial charge < -0.3 is 26.6 Å². The number of hydrogen-bond acceptors (Lipinski definition) is 7. The first kappa shape index (κ1) is 39.0. The van der Waals surface area contributed by atoms with Gasteiger partial charge in [-0.3, -0.25) is 19.2 Å². The summed E-state index contributed by atoms with van der Waals surface area (Å²) in [5.74, 6) is -2.61. The molecule has 2 heterocycles. The molecule has 2 saturated carbocycles. The molecular formula is C35H56N6O6S2. The number of carbonyl (C=O) groups excluding carboxylic acids is 5. The molecule has 1 saturated heterocycles. The summed E-state index contributed by atoms with van der Waals surface area (Å²) in [7, 11) is -1.39. The second-order valence-corrected chi connectivity index (χ2v) is 19.4. The number of urea groups is 1. The van der Waals surface area contributed by atoms with Crippen molar-refractivity contribution in [2.75, 3.05) is 19.6 Å². The standard InChI is InChI=1S/C35H56N6O6S2/c1-10-40(49(47)24-15-12-16-48-24)19-23(33(2,3)4)38-32(46)39-28(34(5,6)7)31(45)41-18-21-25(35(21,8)9)26(41)30(44)37-22(27(42)29(36)43)17-20-13-11-14-20/h12,15-16,20-23,25-26,28H,10-11,13-14,17-19H2,1-9H3,(H2,36,43)(H,37,44)(H2,38,39,46)/t21-,22?,23+,25-,26-,28+,49?/m0/s1. The quantitative estimate of drug-likeness (QED) is 0.215. The molecule has 5 N–H and O–H groups in total. The Balaban J connectivity index is 1.52. The minimum Gasteiger partial charge on any atom is -0.363 e. The van der Waals surface area contributed by atoms with Crippen molar-refractivity contribution < 1.29 is 28.2 Å². The first-order valence-electron chi connectivity index (χ1n) is 17.4. The number of amides is 5. The fourth-order valence-electron chi connectivity index (χ4n) is 7.22. The number of nitrogens with zero attached hydrogens (tertiary/aromatic N) is 2. The molecule has 7 atom stereocenters. The van der Waals surface area contributed by atoms with Crippen molar-refractivity contribution in [1.29, 1.82) is 0 Å². The molecule has 274 valence electrons. The summed E-state index contributed by atoms with van der Waals surface area (Å²) in [5, 5.41) is 10.7. The third-order valence-corrected chi connectivity index (χ3v) is 13.5. The number of piperidine rings is 1. The second kappa shape index (κ2) is 14.8. The van der Waals surface area contributed by atoms with E-state index < -0.39 is 69.6 Å². The molecule has 14 heteroatoms. The maximum absolute atomic E-state index is 14.4. The van der Waals surface area contributed by atoms with Crippen LogP contribution in [0.1, 0.15) is 88.0 Å². The molecule has 2 unspecified atom stereocenters. The van der Waals surface area contributed by atoms with Gasteiger partial charge in [0, 0.05) is 25.7 Å². The number of nitrogens with two attached hydrogens (primary N) is 1. The van der Waals surface area contributed by atoms with Gasteiger partial charge in [0.15, 0.2) is 0 Å². The number of thiophene rings is 1. The van der Waals surface area contributed by atoms with E-state index in [0.717, 1.165) is 23.5 Å². The summed E-state index contributed by atoms with van der Waals surface area (Å²) >= 11 is 1.42. The first-order chi connectivity index (χ1) is 22.7. The van der Waals surface area contributed by atoms with Crippen LogP contribution in [0.5, 0.6) is 0 Å². The molecule has 3 fully saturated rings. The summed E-state index contributed by atoms with van der Waals surface area (Å²) < 4.78 is 15.8. The number of carbonyl (C=O) groups is 5. The molecule has 1 aromatic rings. The normalized spacial score (nSPS) is 24.2. The Bertz CT molecular complexity index is 1430. The van der Waals surface area contributed by atoms with E-state index in [1.165, 1.54) is 11.3 Å². The van der Waals surface area contributed by atoms with E-state index in [-0.39, 0.29) is 29.1 Å². The van der Waals surface area contributed by atoms with Crippen LogP contribution in [-0.2, 0) is 30.2 Å². The fraction of sp³-hybridized carbons (Fsp3) is 0.743. The number of likely N-dealkylation sites (tertiary alicyclic amines) is 1. The third kappa shape index (κ3) is 8.73. The van der Waals surface area contributed by atoms with Gasteiger partial charge in [-0.25, -0.2) is 13.3 Å². The van der Waals surface area contributed by atoms with E-state index in [2.05, 4.69) is 29.8 Å². The molecule has 0 spiro atoms. The van der Waals surface area contributed by atoms with Gasteiger partial charge in [-0.1, -0.05) is 87.6 Å². The Morgan fingerprint density at radius 2 is 1.71 bits per heavy atom. The van der Waals surface area contributed by atoms with Gasteiger partial charge in [-0.2, -0.15) is 0 Å². The predicted octanol–water partition coefficient (Wildman–Crippen LogP) is 3.43. The van der Waals surface area contributed by atoms with Crippen LogP contribution >= 0.6 is 11.3 Å². The van der Waals surface area contributed by atoms with Gasteiger partial charge in [0.05, 0.1) is 6.04 Å². The highest BCUT2D eigenvalue weighted by molar-refractivity contribution is 7.85. The van der Waals surface area contributed by atoms with E-state index in [4.69, 9.17) is 5.73 Å². The average molecular weight is 721 g/mol. The van der Waals surface area contributed by atoms with E-state index in [1.807, 2.05) is 70.3 Å². The van der Waals surface area contributed by atoms with Crippen LogP contribution in [0.15, 0.2) is 21.7 Å². The highest BCUT2D eigenvalue weighted by atomic mass is 32.2. The Morgan fingerprint density at radius 1 is 1.06 bits per heavy atom. The number of rotatable bonds is 14. The third-order valence-electron chi connectivity index (χ3n) is 10.8. The maximum atomic E-state index is 14.4. The molecule has 0 bridgehead atoms. The maximum Gasteiger partial charge on any atom is 0.315 e. The second-order valence-electron chi connectivity index (χ2n) is 16.7. The molecule has 4 rings (SSSR count). The van der Waals surface area contributed by atoms with Crippen LogP contribution in [0.25, 0.3) is 0 Å². The Kier molecular flexibility index (Phi) is 11.8. The predicted molar refractivity (Wildman–Crippen MR) is 190 cm³/mol. The van der Waals surface area contributed by atoms with Crippen LogP contribution in [0.2, 0.25) is 0 Å². The van der Waals surface area contributed by atoms with Gasteiger partial charge in [0.25, 0.3) is 5.91 Å². The molecule has 5 amide bonds. The van der Waals surface area contributed by atoms with Gasteiger partial charge in [0.2, 0.25) is 17.6 Å². The number of fused-ring (bicyclic) bond motifs is 1. The highest BCUT2D eigenvalue weighted by Crippen LogP contribution is 2.65. The van der Waals surface area contributed by atoms with Gasteiger partial charge in [-0.15, -0.1) is 11.3 Å². The van der Waals surface area contributed by atoms with E-state index in [0.29, 0.717) is 26.1 Å². The van der Waals surface area contributed by atoms with Crippen molar-refractivity contribution in [3.8, 4) is 0 Å². The Morgan fingerprint density at radius 3 is 2.20 bits per heavy atom. The van der Waals surface area contributed by atoms with Crippen LogP contribution in [0.3, 0.4) is 0 Å². The van der Waals surface area contributed by atoms with Crippen LogP contribution in [-0.4, -0.2) is 86.8 Å². The van der Waals surface area contributed by atoms with E-state index in [1.54, 1.807) is 4.90 Å². The summed E-state index contributed by atoms with van der Waals surface area (Å²) in [4.78, 5) is 68.3. The molecular weight excluding hydrogens is 665 g/mol. The number of primary amides is 1.